The molecule has 1 saturated heterocycles. The molecule has 2 heterocycles. The van der Waals surface area contributed by atoms with Crippen LogP contribution in [0.2, 0.25) is 0 Å². The van der Waals surface area contributed by atoms with E-state index in [1.54, 1.807) is 7.11 Å². The number of hydrogen-bond acceptors (Lipinski definition) is 4. The van der Waals surface area contributed by atoms with Crippen LogP contribution in [-0.2, 0) is 4.79 Å². The van der Waals surface area contributed by atoms with Crippen molar-refractivity contribution in [2.75, 3.05) is 17.3 Å². The minimum Gasteiger partial charge on any atom is -0.497 e. The van der Waals surface area contributed by atoms with Gasteiger partial charge in [0, 0.05) is 16.9 Å². The molecule has 0 radical (unpaired) electrons. The Hall–Kier alpha value is -3.58. The zero-order chi connectivity index (χ0) is 24.9. The van der Waals surface area contributed by atoms with E-state index in [0.29, 0.717) is 16.6 Å². The molecule has 0 spiro atoms. The van der Waals surface area contributed by atoms with Crippen LogP contribution in [0.4, 0.5) is 11.4 Å². The van der Waals surface area contributed by atoms with Gasteiger partial charge in [0.2, 0.25) is 5.91 Å². The molecule has 35 heavy (non-hydrogen) atoms. The number of amides is 1. The highest BCUT2D eigenvalue weighted by Gasteiger charge is 2.59. The zero-order valence-corrected chi connectivity index (χ0v) is 21.3. The quantitative estimate of drug-likeness (QED) is 0.479. The van der Waals surface area contributed by atoms with E-state index in [4.69, 9.17) is 21.7 Å². The first kappa shape index (κ1) is 23.2. The number of nitrogens with zero attached hydrogens (tertiary/aromatic N) is 1. The Labute approximate surface area is 211 Å². The molecule has 3 aromatic carbocycles. The Morgan fingerprint density at radius 2 is 1.77 bits per heavy atom. The molecule has 0 aliphatic carbocycles. The van der Waals surface area contributed by atoms with Crippen LogP contribution in [0.15, 0.2) is 60.7 Å². The second-order valence-electron chi connectivity index (χ2n) is 9.44. The third-order valence-corrected chi connectivity index (χ3v) is 7.22. The fourth-order valence-corrected chi connectivity index (χ4v) is 5.55. The van der Waals surface area contributed by atoms with Crippen LogP contribution in [0.1, 0.15) is 35.2 Å². The Bertz CT molecular complexity index is 1320. The number of methoxy groups -OCH3 is 1. The van der Waals surface area contributed by atoms with Gasteiger partial charge >= 0.3 is 0 Å². The highest BCUT2D eigenvalue weighted by atomic mass is 32.1. The molecular formula is C28H29N3O3S. The highest BCUT2D eigenvalue weighted by Crippen LogP contribution is 2.50. The number of fused-ring (bicyclic) bond motifs is 4. The maximum atomic E-state index is 14.0. The predicted octanol–water partition coefficient (Wildman–Crippen LogP) is 5.42. The molecule has 3 atom stereocenters. The number of thiocarbonyl (C=S) groups is 1. The van der Waals surface area contributed by atoms with Gasteiger partial charge in [-0.1, -0.05) is 35.4 Å². The van der Waals surface area contributed by atoms with Crippen molar-refractivity contribution < 1.29 is 14.3 Å². The van der Waals surface area contributed by atoms with Crippen LogP contribution in [0.3, 0.4) is 0 Å². The summed E-state index contributed by atoms with van der Waals surface area (Å²) in [4.78, 5) is 15.9. The molecule has 0 saturated carbocycles. The molecule has 0 aromatic heterocycles. The van der Waals surface area contributed by atoms with Crippen molar-refractivity contribution in [3.05, 3.63) is 82.9 Å². The van der Waals surface area contributed by atoms with Crippen molar-refractivity contribution in [3.8, 4) is 11.5 Å². The summed E-state index contributed by atoms with van der Waals surface area (Å²) >= 11 is 5.83. The van der Waals surface area contributed by atoms with Gasteiger partial charge in [0.15, 0.2) is 10.8 Å². The summed E-state index contributed by atoms with van der Waals surface area (Å²) < 4.78 is 12.1. The van der Waals surface area contributed by atoms with Crippen molar-refractivity contribution in [2.45, 2.75) is 39.5 Å². The van der Waals surface area contributed by atoms with Gasteiger partial charge in [-0.3, -0.25) is 9.69 Å². The molecule has 3 aromatic rings. The normalized spacial score (nSPS) is 22.5. The molecule has 1 amide bonds. The van der Waals surface area contributed by atoms with Gasteiger partial charge in [0.1, 0.15) is 17.4 Å². The topological polar surface area (TPSA) is 62.8 Å². The van der Waals surface area contributed by atoms with E-state index in [1.165, 1.54) is 0 Å². The molecule has 0 unspecified atom stereocenters. The summed E-state index contributed by atoms with van der Waals surface area (Å²) in [6.07, 6.45) is 0. The second-order valence-corrected chi connectivity index (χ2v) is 9.83. The molecule has 2 aliphatic rings. The first-order valence-corrected chi connectivity index (χ1v) is 12.0. The van der Waals surface area contributed by atoms with Gasteiger partial charge in [-0.05, 0) is 81.9 Å². The lowest BCUT2D eigenvalue weighted by Crippen LogP contribution is -2.72. The average Bonchev–Trinajstić information content (AvgIpc) is 2.81. The number of rotatable bonds is 4. The molecule has 1 fully saturated rings. The van der Waals surface area contributed by atoms with Gasteiger partial charge in [0.25, 0.3) is 0 Å². The summed E-state index contributed by atoms with van der Waals surface area (Å²) in [5.41, 5.74) is 4.70. The van der Waals surface area contributed by atoms with Crippen molar-refractivity contribution in [2.24, 2.45) is 5.92 Å². The molecule has 2 aliphatic heterocycles. The first-order chi connectivity index (χ1) is 16.7. The van der Waals surface area contributed by atoms with E-state index < -0.39 is 11.6 Å². The Balaban J connectivity index is 1.63. The number of carbonyl (C=O) groups is 1. The van der Waals surface area contributed by atoms with Gasteiger partial charge in [-0.2, -0.15) is 0 Å². The van der Waals surface area contributed by atoms with E-state index in [0.717, 1.165) is 33.6 Å². The van der Waals surface area contributed by atoms with Gasteiger partial charge in [0.05, 0.1) is 13.2 Å². The van der Waals surface area contributed by atoms with Crippen LogP contribution < -0.4 is 25.0 Å². The van der Waals surface area contributed by atoms with Crippen molar-refractivity contribution in [1.29, 1.82) is 0 Å². The Kier molecular flexibility index (Phi) is 5.68. The van der Waals surface area contributed by atoms with Gasteiger partial charge < -0.3 is 20.1 Å². The fourth-order valence-electron chi connectivity index (χ4n) is 5.14. The minimum absolute atomic E-state index is 0.148. The maximum absolute atomic E-state index is 14.0. The Morgan fingerprint density at radius 1 is 1.06 bits per heavy atom. The van der Waals surface area contributed by atoms with Crippen molar-refractivity contribution >= 4 is 34.6 Å². The minimum atomic E-state index is -1.06. The smallest absolute Gasteiger partial charge is 0.236 e. The maximum Gasteiger partial charge on any atom is 0.236 e. The number of nitrogens with one attached hydrogen (secondary N) is 2. The van der Waals surface area contributed by atoms with E-state index >= 15 is 0 Å². The lowest BCUT2D eigenvalue weighted by molar-refractivity contribution is -0.130. The number of aryl methyl sites for hydroxylation is 3. The lowest BCUT2D eigenvalue weighted by Gasteiger charge is -2.56. The van der Waals surface area contributed by atoms with Crippen LogP contribution in [-0.4, -0.2) is 23.9 Å². The van der Waals surface area contributed by atoms with Crippen molar-refractivity contribution in [1.82, 2.24) is 5.32 Å². The molecule has 180 valence electrons. The van der Waals surface area contributed by atoms with E-state index in [-0.39, 0.29) is 11.9 Å². The number of ether oxygens (including phenoxy) is 2. The number of anilines is 2. The molecule has 5 rings (SSSR count). The average molecular weight is 488 g/mol. The van der Waals surface area contributed by atoms with E-state index in [2.05, 4.69) is 16.7 Å². The van der Waals surface area contributed by atoms with Crippen LogP contribution in [0.25, 0.3) is 0 Å². The fraction of sp³-hybridized carbons (Fsp3) is 0.286. The second kappa shape index (κ2) is 8.57. The number of carbonyl (C=O) groups excluding carboxylic acids is 1. The van der Waals surface area contributed by atoms with E-state index in [9.17, 15) is 4.79 Å². The third-order valence-electron chi connectivity index (χ3n) is 6.92. The summed E-state index contributed by atoms with van der Waals surface area (Å²) in [6.45, 7) is 8.00. The SMILES string of the molecule is COc1ccc2c(c1)[C@@H]1NC(=S)N(c3ccc(C)cc3)[C@@](C)(O2)[C@@H]1C(=O)Nc1ccc(C)cc1C. The summed E-state index contributed by atoms with van der Waals surface area (Å²) in [7, 11) is 1.62. The molecule has 6 nitrogen and oxygen atoms in total. The molecule has 2 N–H and O–H groups in total. The monoisotopic (exact) mass is 487 g/mol. The summed E-state index contributed by atoms with van der Waals surface area (Å²) in [5, 5.41) is 7.11. The van der Waals surface area contributed by atoms with Crippen molar-refractivity contribution in [3.63, 3.8) is 0 Å². The predicted molar refractivity (Wildman–Crippen MR) is 142 cm³/mol. The van der Waals surface area contributed by atoms with Crippen LogP contribution in [0.5, 0.6) is 11.5 Å². The number of benzene rings is 3. The summed E-state index contributed by atoms with van der Waals surface area (Å²) in [6, 6.07) is 19.3. The highest BCUT2D eigenvalue weighted by molar-refractivity contribution is 7.80. The largest absolute Gasteiger partial charge is 0.497 e. The molecular weight excluding hydrogens is 458 g/mol. The Morgan fingerprint density at radius 3 is 2.46 bits per heavy atom. The van der Waals surface area contributed by atoms with Crippen LogP contribution >= 0.6 is 12.2 Å². The zero-order valence-electron chi connectivity index (χ0n) is 20.5. The number of hydrogen-bond donors (Lipinski definition) is 2. The van der Waals surface area contributed by atoms with Crippen LogP contribution in [0, 0.1) is 26.7 Å². The third kappa shape index (κ3) is 3.90. The first-order valence-electron chi connectivity index (χ1n) is 11.6. The standard InChI is InChI=1S/C28H29N3O3S/c1-16-6-9-19(10-7-16)31-27(35)30-25-21-15-20(33-5)11-13-23(21)34-28(31,4)24(25)26(32)29-22-12-8-17(2)14-18(22)3/h6-15,24-25H,1-5H3,(H,29,32)(H,30,35)/t24-,25-,28-/m0/s1. The molecule has 2 bridgehead atoms. The summed E-state index contributed by atoms with van der Waals surface area (Å²) in [5.74, 6) is 0.625. The van der Waals surface area contributed by atoms with E-state index in [1.807, 2.05) is 87.2 Å². The van der Waals surface area contributed by atoms with Gasteiger partial charge in [-0.25, -0.2) is 0 Å². The lowest BCUT2D eigenvalue weighted by atomic mass is 9.78. The van der Waals surface area contributed by atoms with Gasteiger partial charge in [-0.15, -0.1) is 0 Å². The molecule has 7 heteroatoms.